The van der Waals surface area contributed by atoms with Gasteiger partial charge in [0, 0.05) is 12.4 Å². The second-order valence-corrected chi connectivity index (χ2v) is 6.38. The quantitative estimate of drug-likeness (QED) is 0.672. The van der Waals surface area contributed by atoms with Crippen molar-refractivity contribution in [3.63, 3.8) is 0 Å². The molecule has 1 aromatic carbocycles. The van der Waals surface area contributed by atoms with Gasteiger partial charge in [-0.25, -0.2) is 9.97 Å². The number of hydrogen-bond acceptors (Lipinski definition) is 6. The largest absolute Gasteiger partial charge is 0.504 e. The second-order valence-electron chi connectivity index (χ2n) is 6.38. The van der Waals surface area contributed by atoms with E-state index in [0.29, 0.717) is 24.2 Å². The van der Waals surface area contributed by atoms with Crippen LogP contribution in [-0.2, 0) is 6.18 Å². The molecule has 0 aliphatic carbocycles. The number of aromatic hydroxyl groups is 1. The van der Waals surface area contributed by atoms with Gasteiger partial charge in [0.1, 0.15) is 12.4 Å². The summed E-state index contributed by atoms with van der Waals surface area (Å²) in [6, 6.07) is 9.90. The SMILES string of the molecule is O=C(Nc1ccc(C(F)(F)F)cn1)c1cccc2c1OCCN2c1ncccc1O. The number of nitrogens with one attached hydrogen (secondary N) is 1. The van der Waals surface area contributed by atoms with Gasteiger partial charge in [-0.15, -0.1) is 0 Å². The van der Waals surface area contributed by atoms with Gasteiger partial charge in [0.05, 0.1) is 23.4 Å². The number of anilines is 3. The smallest absolute Gasteiger partial charge is 0.417 e. The predicted molar refractivity (Wildman–Crippen MR) is 102 cm³/mol. The Morgan fingerprint density at radius 2 is 1.97 bits per heavy atom. The van der Waals surface area contributed by atoms with Gasteiger partial charge in [0.2, 0.25) is 0 Å². The van der Waals surface area contributed by atoms with Gasteiger partial charge in [0.25, 0.3) is 5.91 Å². The number of hydrogen-bond donors (Lipinski definition) is 2. The standard InChI is InChI=1S/C20H15F3N4O3/c21-20(22,23)12-6-7-16(25-11-12)26-19(29)13-3-1-4-14-17(13)30-10-9-27(14)18-15(28)5-2-8-24-18/h1-8,11,28H,9-10H2,(H,25,26,29). The number of ether oxygens (including phenoxy) is 1. The summed E-state index contributed by atoms with van der Waals surface area (Å²) in [5.41, 5.74) is -0.204. The zero-order chi connectivity index (χ0) is 21.3. The average Bonchev–Trinajstić information content (AvgIpc) is 2.73. The summed E-state index contributed by atoms with van der Waals surface area (Å²) in [7, 11) is 0. The first-order valence-corrected chi connectivity index (χ1v) is 8.86. The number of carbonyl (C=O) groups is 1. The number of alkyl halides is 3. The Morgan fingerprint density at radius 3 is 2.67 bits per heavy atom. The Morgan fingerprint density at radius 1 is 1.13 bits per heavy atom. The summed E-state index contributed by atoms with van der Waals surface area (Å²) >= 11 is 0. The molecule has 0 radical (unpaired) electrons. The van der Waals surface area contributed by atoms with Gasteiger partial charge in [-0.05, 0) is 36.4 Å². The van der Waals surface area contributed by atoms with E-state index < -0.39 is 17.6 Å². The molecular weight excluding hydrogens is 401 g/mol. The van der Waals surface area contributed by atoms with Crippen LogP contribution in [0.3, 0.4) is 0 Å². The molecule has 2 aromatic heterocycles. The fourth-order valence-corrected chi connectivity index (χ4v) is 3.06. The van der Waals surface area contributed by atoms with Crippen molar-refractivity contribution in [3.8, 4) is 11.5 Å². The highest BCUT2D eigenvalue weighted by Gasteiger charge is 2.31. The Balaban J connectivity index is 1.62. The van der Waals surface area contributed by atoms with E-state index in [9.17, 15) is 23.1 Å². The second kappa shape index (κ2) is 7.54. The van der Waals surface area contributed by atoms with Crippen LogP contribution in [-0.4, -0.2) is 34.1 Å². The molecule has 7 nitrogen and oxygen atoms in total. The lowest BCUT2D eigenvalue weighted by Crippen LogP contribution is -2.30. The van der Waals surface area contributed by atoms with Crippen molar-refractivity contribution >= 4 is 23.2 Å². The van der Waals surface area contributed by atoms with E-state index in [1.807, 2.05) is 0 Å². The van der Waals surface area contributed by atoms with E-state index in [1.165, 1.54) is 18.3 Å². The fourth-order valence-electron chi connectivity index (χ4n) is 3.06. The van der Waals surface area contributed by atoms with Gasteiger partial charge in [-0.3, -0.25) is 4.79 Å². The van der Waals surface area contributed by atoms with Crippen LogP contribution in [0.1, 0.15) is 15.9 Å². The Hall–Kier alpha value is -3.82. The number of halogens is 3. The van der Waals surface area contributed by atoms with Gasteiger partial charge in [-0.2, -0.15) is 13.2 Å². The van der Waals surface area contributed by atoms with Crippen molar-refractivity contribution in [3.05, 3.63) is 66.0 Å². The average molecular weight is 416 g/mol. The first-order chi connectivity index (χ1) is 14.3. The van der Waals surface area contributed by atoms with E-state index in [0.717, 1.165) is 12.1 Å². The van der Waals surface area contributed by atoms with Gasteiger partial charge in [-0.1, -0.05) is 6.07 Å². The van der Waals surface area contributed by atoms with E-state index in [2.05, 4.69) is 15.3 Å². The molecule has 10 heteroatoms. The summed E-state index contributed by atoms with van der Waals surface area (Å²) < 4.78 is 43.7. The monoisotopic (exact) mass is 416 g/mol. The van der Waals surface area contributed by atoms with Crippen molar-refractivity contribution in [2.24, 2.45) is 0 Å². The summed E-state index contributed by atoms with van der Waals surface area (Å²) in [4.78, 5) is 22.3. The van der Waals surface area contributed by atoms with Crippen molar-refractivity contribution in [2.45, 2.75) is 6.18 Å². The van der Waals surface area contributed by atoms with Crippen LogP contribution in [0.5, 0.6) is 11.5 Å². The highest BCUT2D eigenvalue weighted by atomic mass is 19.4. The van der Waals surface area contributed by atoms with Gasteiger partial charge < -0.3 is 20.1 Å². The third kappa shape index (κ3) is 3.71. The molecule has 0 unspecified atom stereocenters. The third-order valence-electron chi connectivity index (χ3n) is 4.45. The van der Waals surface area contributed by atoms with Crippen molar-refractivity contribution in [1.29, 1.82) is 0 Å². The van der Waals surface area contributed by atoms with Crippen molar-refractivity contribution in [1.82, 2.24) is 9.97 Å². The minimum atomic E-state index is -4.51. The normalized spacial score (nSPS) is 13.4. The van der Waals surface area contributed by atoms with E-state index in [-0.39, 0.29) is 29.5 Å². The molecule has 0 bridgehead atoms. The lowest BCUT2D eigenvalue weighted by Gasteiger charge is -2.31. The molecule has 1 amide bonds. The van der Waals surface area contributed by atoms with Crippen LogP contribution >= 0.6 is 0 Å². The molecule has 3 aromatic rings. The number of nitrogens with zero attached hydrogens (tertiary/aromatic N) is 3. The molecule has 2 N–H and O–H groups in total. The fraction of sp³-hybridized carbons (Fsp3) is 0.150. The predicted octanol–water partition coefficient (Wildman–Crippen LogP) is 3.98. The van der Waals surface area contributed by atoms with Crippen LogP contribution in [0.4, 0.5) is 30.5 Å². The summed E-state index contributed by atoms with van der Waals surface area (Å²) in [6.45, 7) is 0.648. The molecule has 30 heavy (non-hydrogen) atoms. The number of fused-ring (bicyclic) bond motifs is 1. The Kier molecular flexibility index (Phi) is 4.90. The first kappa shape index (κ1) is 19.5. The number of aromatic nitrogens is 2. The number of amides is 1. The maximum atomic E-state index is 12.7. The number of pyridine rings is 2. The molecule has 3 heterocycles. The summed E-state index contributed by atoms with van der Waals surface area (Å²) in [5.74, 6) is -0.0387. The minimum Gasteiger partial charge on any atom is -0.504 e. The Labute approximate surface area is 168 Å². The van der Waals surface area contributed by atoms with Crippen LogP contribution in [0, 0.1) is 0 Å². The summed E-state index contributed by atoms with van der Waals surface area (Å²) in [5, 5.41) is 12.6. The molecule has 4 rings (SSSR count). The molecule has 0 spiro atoms. The third-order valence-corrected chi connectivity index (χ3v) is 4.45. The van der Waals surface area contributed by atoms with Gasteiger partial charge >= 0.3 is 6.18 Å². The maximum absolute atomic E-state index is 12.7. The zero-order valence-electron chi connectivity index (χ0n) is 15.3. The van der Waals surface area contributed by atoms with Crippen molar-refractivity contribution in [2.75, 3.05) is 23.4 Å². The minimum absolute atomic E-state index is 0.0193. The van der Waals surface area contributed by atoms with Crippen LogP contribution < -0.4 is 15.0 Å². The Bertz CT molecular complexity index is 1090. The highest BCUT2D eigenvalue weighted by Crippen LogP contribution is 2.41. The number of rotatable bonds is 3. The molecule has 0 atom stereocenters. The number of para-hydroxylation sites is 1. The molecule has 1 aliphatic heterocycles. The highest BCUT2D eigenvalue weighted by molar-refractivity contribution is 6.07. The zero-order valence-corrected chi connectivity index (χ0v) is 15.3. The molecule has 0 saturated carbocycles. The van der Waals surface area contributed by atoms with Gasteiger partial charge in [0.15, 0.2) is 17.3 Å². The molecule has 0 saturated heterocycles. The first-order valence-electron chi connectivity index (χ1n) is 8.86. The van der Waals surface area contributed by atoms with Crippen LogP contribution in [0.2, 0.25) is 0 Å². The van der Waals surface area contributed by atoms with E-state index in [4.69, 9.17) is 4.74 Å². The number of carbonyl (C=O) groups excluding carboxylic acids is 1. The van der Waals surface area contributed by atoms with Crippen molar-refractivity contribution < 1.29 is 27.8 Å². The lowest BCUT2D eigenvalue weighted by atomic mass is 10.1. The maximum Gasteiger partial charge on any atom is 0.417 e. The molecule has 0 fully saturated rings. The van der Waals surface area contributed by atoms with Crippen LogP contribution in [0.15, 0.2) is 54.9 Å². The molecule has 154 valence electrons. The summed E-state index contributed by atoms with van der Waals surface area (Å²) in [6.07, 6.45) is -2.32. The number of benzene rings is 1. The van der Waals surface area contributed by atoms with E-state index in [1.54, 1.807) is 23.1 Å². The van der Waals surface area contributed by atoms with E-state index >= 15 is 0 Å². The van der Waals surface area contributed by atoms with Crippen LogP contribution in [0.25, 0.3) is 0 Å². The topological polar surface area (TPSA) is 87.6 Å². The lowest BCUT2D eigenvalue weighted by molar-refractivity contribution is -0.137. The molecule has 1 aliphatic rings. The molecular formula is C20H15F3N4O3.